The average Bonchev–Trinajstić information content (AvgIpc) is 3.03. The van der Waals surface area contributed by atoms with Gasteiger partial charge in [-0.15, -0.1) is 0 Å². The van der Waals surface area contributed by atoms with Crippen molar-refractivity contribution in [3.63, 3.8) is 0 Å². The normalized spacial score (nSPS) is 20.3. The van der Waals surface area contributed by atoms with E-state index in [2.05, 4.69) is 5.32 Å². The highest BCUT2D eigenvalue weighted by Crippen LogP contribution is 2.39. The Bertz CT molecular complexity index is 1220. The van der Waals surface area contributed by atoms with E-state index in [0.717, 1.165) is 16.6 Å². The number of fused-ring (bicyclic) bond motifs is 1. The molecule has 2 aromatic rings. The summed E-state index contributed by atoms with van der Waals surface area (Å²) in [4.78, 5) is 50.6. The number of benzene rings is 1. The fourth-order valence-electron chi connectivity index (χ4n) is 5.47. The number of likely N-dealkylation sites (tertiary alicyclic amines) is 1. The molecule has 36 heavy (non-hydrogen) atoms. The van der Waals surface area contributed by atoms with Gasteiger partial charge in [0.2, 0.25) is 5.91 Å². The Morgan fingerprint density at radius 3 is 2.44 bits per heavy atom. The third-order valence-corrected chi connectivity index (χ3v) is 7.34. The number of nitrogens with one attached hydrogen (secondary N) is 1. The molecule has 10 heteroatoms. The predicted molar refractivity (Wildman–Crippen MR) is 134 cm³/mol. The zero-order valence-corrected chi connectivity index (χ0v) is 21.5. The van der Waals surface area contributed by atoms with E-state index in [4.69, 9.17) is 4.74 Å². The molecule has 1 unspecified atom stereocenters. The van der Waals surface area contributed by atoms with E-state index in [-0.39, 0.29) is 30.2 Å². The van der Waals surface area contributed by atoms with Crippen molar-refractivity contribution in [2.45, 2.75) is 70.9 Å². The lowest BCUT2D eigenvalue weighted by molar-refractivity contribution is -0.140. The Morgan fingerprint density at radius 2 is 1.86 bits per heavy atom. The molecule has 0 spiro atoms. The second kappa shape index (κ2) is 9.63. The van der Waals surface area contributed by atoms with Gasteiger partial charge in [0.25, 0.3) is 0 Å². The van der Waals surface area contributed by atoms with E-state index >= 15 is 0 Å². The van der Waals surface area contributed by atoms with Gasteiger partial charge in [-0.25, -0.2) is 9.59 Å². The summed E-state index contributed by atoms with van der Waals surface area (Å²) in [5, 5.41) is 12.5. The highest BCUT2D eigenvalue weighted by Gasteiger charge is 2.39. The lowest BCUT2D eigenvalue weighted by atomic mass is 9.71. The minimum absolute atomic E-state index is 0.00302. The second-order valence-corrected chi connectivity index (χ2v) is 11.2. The van der Waals surface area contributed by atoms with E-state index in [1.165, 1.54) is 0 Å². The number of aliphatic carboxylic acids is 1. The number of hydrogen-bond acceptors (Lipinski definition) is 5. The minimum Gasteiger partial charge on any atom is -0.481 e. The van der Waals surface area contributed by atoms with Crippen molar-refractivity contribution in [1.29, 1.82) is 0 Å². The van der Waals surface area contributed by atoms with Gasteiger partial charge < -0.3 is 20.1 Å². The van der Waals surface area contributed by atoms with Crippen LogP contribution in [-0.4, -0.2) is 62.3 Å². The van der Waals surface area contributed by atoms with Crippen LogP contribution in [0.5, 0.6) is 0 Å². The highest BCUT2D eigenvalue weighted by molar-refractivity contribution is 5.79. The Labute approximate surface area is 210 Å². The number of piperidine rings is 2. The van der Waals surface area contributed by atoms with E-state index in [1.54, 1.807) is 21.1 Å². The molecule has 196 valence electrons. The summed E-state index contributed by atoms with van der Waals surface area (Å²) in [7, 11) is 1.73. The van der Waals surface area contributed by atoms with Crippen LogP contribution in [0.15, 0.2) is 23.0 Å². The number of ether oxygens (including phenoxy) is 1. The molecule has 2 aliphatic heterocycles. The zero-order valence-electron chi connectivity index (χ0n) is 21.5. The number of hydrogen-bond donors (Lipinski definition) is 2. The van der Waals surface area contributed by atoms with E-state index in [1.807, 2.05) is 39.0 Å². The van der Waals surface area contributed by atoms with Crippen molar-refractivity contribution in [2.75, 3.05) is 19.6 Å². The summed E-state index contributed by atoms with van der Waals surface area (Å²) in [6.07, 6.45) is 2.29. The van der Waals surface area contributed by atoms with Crippen molar-refractivity contribution in [2.24, 2.45) is 12.5 Å². The van der Waals surface area contributed by atoms with Gasteiger partial charge >= 0.3 is 17.8 Å². The minimum atomic E-state index is -0.861. The van der Waals surface area contributed by atoms with Gasteiger partial charge in [0.15, 0.2) is 0 Å². The molecule has 2 saturated heterocycles. The molecule has 1 aromatic heterocycles. The van der Waals surface area contributed by atoms with Crippen LogP contribution in [0.4, 0.5) is 4.79 Å². The Morgan fingerprint density at radius 1 is 1.17 bits per heavy atom. The van der Waals surface area contributed by atoms with Crippen molar-refractivity contribution in [3.05, 3.63) is 34.2 Å². The number of aryl methyl sites for hydroxylation is 1. The number of rotatable bonds is 5. The fourth-order valence-corrected chi connectivity index (χ4v) is 5.47. The van der Waals surface area contributed by atoms with Crippen molar-refractivity contribution >= 4 is 29.0 Å². The SMILES string of the molecule is Cn1c(=O)n(C2CCC(=O)NC2)c2ccc(CC3(CC(=O)O)CCN(C(=O)OC(C)(C)C)CC3)cc21. The predicted octanol–water partition coefficient (Wildman–Crippen LogP) is 2.83. The lowest BCUT2D eigenvalue weighted by Gasteiger charge is -2.41. The molecular formula is C26H36N4O6. The first-order chi connectivity index (χ1) is 16.9. The summed E-state index contributed by atoms with van der Waals surface area (Å²) in [5.74, 6) is -0.858. The maximum atomic E-state index is 13.1. The summed E-state index contributed by atoms with van der Waals surface area (Å²) in [5.41, 5.74) is 1.34. The van der Waals surface area contributed by atoms with Gasteiger partial charge in [0, 0.05) is 33.1 Å². The maximum Gasteiger partial charge on any atom is 0.410 e. The quantitative estimate of drug-likeness (QED) is 0.651. The number of nitrogens with zero attached hydrogens (tertiary/aromatic N) is 3. The number of aromatic nitrogens is 2. The number of carboxylic acids is 1. The van der Waals surface area contributed by atoms with Gasteiger partial charge in [-0.3, -0.25) is 18.7 Å². The largest absolute Gasteiger partial charge is 0.481 e. The van der Waals surface area contributed by atoms with Gasteiger partial charge in [-0.2, -0.15) is 0 Å². The van der Waals surface area contributed by atoms with Crippen molar-refractivity contribution in [3.8, 4) is 0 Å². The molecule has 1 atom stereocenters. The van der Waals surface area contributed by atoms with Crippen LogP contribution in [0.1, 0.15) is 64.5 Å². The monoisotopic (exact) mass is 500 g/mol. The first-order valence-electron chi connectivity index (χ1n) is 12.5. The smallest absolute Gasteiger partial charge is 0.410 e. The number of carboxylic acid groups (broad SMARTS) is 1. The van der Waals surface area contributed by atoms with Crippen LogP contribution < -0.4 is 11.0 Å². The molecule has 0 bridgehead atoms. The Balaban J connectivity index is 1.56. The van der Waals surface area contributed by atoms with Crippen molar-refractivity contribution < 1.29 is 24.2 Å². The fraction of sp³-hybridized carbons (Fsp3) is 0.615. The van der Waals surface area contributed by atoms with Crippen LogP contribution in [0.2, 0.25) is 0 Å². The lowest BCUT2D eigenvalue weighted by Crippen LogP contribution is -2.46. The van der Waals surface area contributed by atoms with Crippen LogP contribution in [-0.2, 0) is 27.8 Å². The van der Waals surface area contributed by atoms with Gasteiger partial charge in [0.1, 0.15) is 5.60 Å². The van der Waals surface area contributed by atoms with Crippen LogP contribution in [0.3, 0.4) is 0 Å². The third kappa shape index (κ3) is 5.42. The molecule has 2 N–H and O–H groups in total. The van der Waals surface area contributed by atoms with E-state index < -0.39 is 17.0 Å². The van der Waals surface area contributed by atoms with E-state index in [0.29, 0.717) is 51.7 Å². The molecule has 0 saturated carbocycles. The topological polar surface area (TPSA) is 123 Å². The third-order valence-electron chi connectivity index (χ3n) is 7.34. The van der Waals surface area contributed by atoms with Crippen LogP contribution in [0, 0.1) is 5.41 Å². The summed E-state index contributed by atoms with van der Waals surface area (Å²) < 4.78 is 8.86. The summed E-state index contributed by atoms with van der Waals surface area (Å²) in [6.45, 7) is 6.77. The molecule has 2 aliphatic rings. The van der Waals surface area contributed by atoms with Gasteiger partial charge in [-0.1, -0.05) is 6.07 Å². The van der Waals surface area contributed by atoms with Crippen LogP contribution >= 0.6 is 0 Å². The summed E-state index contributed by atoms with van der Waals surface area (Å²) >= 11 is 0. The maximum absolute atomic E-state index is 13.1. The standard InChI is InChI=1S/C26H36N4O6/c1-25(2,3)36-24(35)29-11-9-26(10-12-29,15-22(32)33)14-17-5-7-19-20(13-17)28(4)23(34)30(19)18-6-8-21(31)27-16-18/h5,7,13,18H,6,8-12,14-16H2,1-4H3,(H,27,31)(H,32,33). The van der Waals surface area contributed by atoms with Crippen LogP contribution in [0.25, 0.3) is 11.0 Å². The van der Waals surface area contributed by atoms with Gasteiger partial charge in [0.05, 0.1) is 23.5 Å². The molecule has 4 rings (SSSR count). The second-order valence-electron chi connectivity index (χ2n) is 11.2. The molecule has 2 amide bonds. The Hall–Kier alpha value is -3.30. The summed E-state index contributed by atoms with van der Waals surface area (Å²) in [6, 6.07) is 5.76. The van der Waals surface area contributed by atoms with Gasteiger partial charge in [-0.05, 0) is 69.6 Å². The molecule has 0 aliphatic carbocycles. The number of carbonyl (C=O) groups is 3. The highest BCUT2D eigenvalue weighted by atomic mass is 16.6. The molecule has 2 fully saturated rings. The first-order valence-corrected chi connectivity index (χ1v) is 12.5. The average molecular weight is 501 g/mol. The van der Waals surface area contributed by atoms with E-state index in [9.17, 15) is 24.3 Å². The molecule has 3 heterocycles. The number of amides is 2. The van der Waals surface area contributed by atoms with Crippen molar-refractivity contribution in [1.82, 2.24) is 19.4 Å². The molecular weight excluding hydrogens is 464 g/mol. The number of carbonyl (C=O) groups excluding carboxylic acids is 2. The molecule has 10 nitrogen and oxygen atoms in total. The zero-order chi connectivity index (χ0) is 26.3. The Kier molecular flexibility index (Phi) is 6.90. The molecule has 0 radical (unpaired) electrons. The first kappa shape index (κ1) is 25.8. The molecule has 1 aromatic carbocycles. The number of imidazole rings is 1.